The normalized spacial score (nSPS) is 21.4. The van der Waals surface area contributed by atoms with E-state index < -0.39 is 6.16 Å². The zero-order valence-electron chi connectivity index (χ0n) is 2.54. The molecule has 0 atom stereocenters. The first kappa shape index (κ1) is 10.8. The van der Waals surface area contributed by atoms with Gasteiger partial charge >= 0.3 is 25.0 Å². The monoisotopic (exact) mass is 145 g/mol. The second kappa shape index (κ2) is 3.07. The van der Waals surface area contributed by atoms with E-state index in [1.54, 1.807) is 0 Å². The van der Waals surface area contributed by atoms with Crippen molar-refractivity contribution in [3.05, 3.63) is 0 Å². The van der Waals surface area contributed by atoms with Gasteiger partial charge in [-0.3, -0.25) is 0 Å². The Morgan fingerprint density at radius 3 is 1.29 bits per heavy atom. The molecular weight excluding hydrogens is 142 g/mol. The summed E-state index contributed by atoms with van der Waals surface area (Å²) >= 11 is 0. The predicted molar refractivity (Wildman–Crippen MR) is 16.5 cm³/mol. The summed E-state index contributed by atoms with van der Waals surface area (Å²) in [5.41, 5.74) is 0. The summed E-state index contributed by atoms with van der Waals surface area (Å²) in [6.07, 6.45) is -2.25. The topological polar surface area (TPSA) is 65.5 Å². The van der Waals surface area contributed by atoms with Crippen molar-refractivity contribution in [2.75, 3.05) is 0 Å². The van der Waals surface area contributed by atoms with E-state index in [0.717, 1.165) is 0 Å². The molecule has 0 amide bonds. The first-order chi connectivity index (χ1) is 2.21. The fraction of sp³-hybridized carbons (Fsp3) is 1.00. The molecular formula is CH3CoLiO4. The molecule has 0 aromatic heterocycles. The molecule has 7 heavy (non-hydrogen) atoms. The zero-order chi connectivity index (χ0) is 3.91. The Morgan fingerprint density at radius 2 is 1.29 bits per heavy atom. The van der Waals surface area contributed by atoms with Crippen LogP contribution in [0.5, 0.6) is 0 Å². The summed E-state index contributed by atoms with van der Waals surface area (Å²) in [7, 11) is 0. The van der Waals surface area contributed by atoms with Gasteiger partial charge in [0.2, 0.25) is 0 Å². The average molecular weight is 145 g/mol. The third-order valence-corrected chi connectivity index (χ3v) is 0.232. The van der Waals surface area contributed by atoms with Crippen LogP contribution in [0.25, 0.3) is 0 Å². The van der Waals surface area contributed by atoms with Gasteiger partial charge in [-0.15, -0.1) is 9.78 Å². The van der Waals surface area contributed by atoms with Gasteiger partial charge < -0.3 is 10.2 Å². The number of aliphatic hydroxyl groups is 2. The molecule has 0 aromatic carbocycles. The SMILES string of the molecule is OC1(O)OO1.[Co].[LiH]. The second-order valence-electron chi connectivity index (χ2n) is 0.715. The van der Waals surface area contributed by atoms with Crippen molar-refractivity contribution in [2.45, 2.75) is 6.16 Å². The summed E-state index contributed by atoms with van der Waals surface area (Å²) in [6.45, 7) is 0. The number of hydrogen-bond acceptors (Lipinski definition) is 4. The molecule has 41 valence electrons. The van der Waals surface area contributed by atoms with Crippen molar-refractivity contribution >= 4 is 18.9 Å². The molecule has 1 heterocycles. The molecule has 1 aliphatic heterocycles. The van der Waals surface area contributed by atoms with E-state index in [-0.39, 0.29) is 35.6 Å². The van der Waals surface area contributed by atoms with Gasteiger partial charge in [0.05, 0.1) is 0 Å². The molecule has 1 saturated heterocycles. The molecule has 1 aliphatic rings. The molecule has 4 nitrogen and oxygen atoms in total. The van der Waals surface area contributed by atoms with Gasteiger partial charge in [-0.2, -0.15) is 0 Å². The van der Waals surface area contributed by atoms with Crippen molar-refractivity contribution in [1.82, 2.24) is 0 Å². The van der Waals surface area contributed by atoms with Gasteiger partial charge in [-0.05, 0) is 0 Å². The Labute approximate surface area is 62.1 Å². The summed E-state index contributed by atoms with van der Waals surface area (Å²) in [6, 6.07) is 0. The molecule has 1 rings (SSSR count). The van der Waals surface area contributed by atoms with Gasteiger partial charge in [0.1, 0.15) is 0 Å². The van der Waals surface area contributed by atoms with E-state index in [1.165, 1.54) is 0 Å². The predicted octanol–water partition coefficient (Wildman–Crippen LogP) is -2.11. The van der Waals surface area contributed by atoms with Crippen LogP contribution in [-0.4, -0.2) is 35.2 Å². The molecule has 0 bridgehead atoms. The van der Waals surface area contributed by atoms with Crippen molar-refractivity contribution < 1.29 is 36.8 Å². The van der Waals surface area contributed by atoms with Crippen LogP contribution in [0.3, 0.4) is 0 Å². The molecule has 0 aromatic rings. The fourth-order valence-electron chi connectivity index (χ4n) is 0.0373. The third-order valence-electron chi connectivity index (χ3n) is 0.232. The Kier molecular flexibility index (Phi) is 4.75. The second-order valence-corrected chi connectivity index (χ2v) is 0.715. The fourth-order valence-corrected chi connectivity index (χ4v) is 0.0373. The van der Waals surface area contributed by atoms with E-state index in [2.05, 4.69) is 9.78 Å². The third kappa shape index (κ3) is 4.80. The van der Waals surface area contributed by atoms with Crippen molar-refractivity contribution in [3.8, 4) is 0 Å². The standard InChI is InChI=1S/CH2O4.Co.Li.H/c2-1(3)4-5-1;;;/h2-3H;;;. The summed E-state index contributed by atoms with van der Waals surface area (Å²) < 4.78 is 0. The first-order valence-electron chi connectivity index (χ1n) is 1.02. The van der Waals surface area contributed by atoms with Gasteiger partial charge in [-0.1, -0.05) is 0 Å². The maximum absolute atomic E-state index is 7.74. The summed E-state index contributed by atoms with van der Waals surface area (Å²) in [4.78, 5) is 7.01. The van der Waals surface area contributed by atoms with Crippen LogP contribution in [0.4, 0.5) is 0 Å². The van der Waals surface area contributed by atoms with Crippen LogP contribution in [0.2, 0.25) is 0 Å². The Balaban J connectivity index is 0. The Bertz CT molecular complexity index is 49.7. The van der Waals surface area contributed by atoms with Gasteiger partial charge in [-0.25, -0.2) is 0 Å². The Morgan fingerprint density at radius 1 is 1.14 bits per heavy atom. The van der Waals surface area contributed by atoms with E-state index in [1.807, 2.05) is 0 Å². The van der Waals surface area contributed by atoms with Crippen LogP contribution in [-0.2, 0) is 26.6 Å². The Hall–Kier alpha value is 0.944. The minimum atomic E-state index is -2.25. The molecule has 1 radical (unpaired) electrons. The number of hydrogen-bond donors (Lipinski definition) is 2. The van der Waals surface area contributed by atoms with Gasteiger partial charge in [0.15, 0.2) is 0 Å². The molecule has 6 heteroatoms. The zero-order valence-corrected chi connectivity index (χ0v) is 3.59. The summed E-state index contributed by atoms with van der Waals surface area (Å²) in [5, 5.41) is 15.5. The van der Waals surface area contributed by atoms with Crippen molar-refractivity contribution in [1.29, 1.82) is 0 Å². The molecule has 0 unspecified atom stereocenters. The molecule has 2 N–H and O–H groups in total. The van der Waals surface area contributed by atoms with Crippen LogP contribution in [0, 0.1) is 0 Å². The minimum absolute atomic E-state index is 0. The quantitative estimate of drug-likeness (QED) is 0.177. The van der Waals surface area contributed by atoms with Gasteiger partial charge in [0.25, 0.3) is 0 Å². The van der Waals surface area contributed by atoms with Gasteiger partial charge in [0, 0.05) is 16.8 Å². The summed E-state index contributed by atoms with van der Waals surface area (Å²) in [5.74, 6) is 0. The average Bonchev–Trinajstić information content (AvgIpc) is 1.76. The van der Waals surface area contributed by atoms with E-state index >= 15 is 0 Å². The van der Waals surface area contributed by atoms with Crippen LogP contribution in [0.1, 0.15) is 0 Å². The maximum atomic E-state index is 7.74. The van der Waals surface area contributed by atoms with Crippen LogP contribution >= 0.6 is 0 Å². The molecule has 0 spiro atoms. The van der Waals surface area contributed by atoms with E-state index in [9.17, 15) is 0 Å². The molecule has 0 aliphatic carbocycles. The molecule has 1 fully saturated rings. The van der Waals surface area contributed by atoms with Crippen LogP contribution in [0.15, 0.2) is 0 Å². The van der Waals surface area contributed by atoms with Crippen molar-refractivity contribution in [3.63, 3.8) is 0 Å². The van der Waals surface area contributed by atoms with Crippen molar-refractivity contribution in [2.24, 2.45) is 0 Å². The van der Waals surface area contributed by atoms with Crippen LogP contribution < -0.4 is 0 Å². The van der Waals surface area contributed by atoms with E-state index in [4.69, 9.17) is 10.2 Å². The number of rotatable bonds is 0. The van der Waals surface area contributed by atoms with E-state index in [0.29, 0.717) is 0 Å². The first-order valence-corrected chi connectivity index (χ1v) is 1.02. The molecule has 0 saturated carbocycles.